The van der Waals surface area contributed by atoms with E-state index in [0.29, 0.717) is 0 Å². The van der Waals surface area contributed by atoms with E-state index in [1.807, 2.05) is 45.9 Å². The molecule has 1 atom stereocenters. The van der Waals surface area contributed by atoms with Gasteiger partial charge in [0.25, 0.3) is 0 Å². The van der Waals surface area contributed by atoms with Crippen LogP contribution in [0.1, 0.15) is 31.9 Å². The molecule has 1 radical (unpaired) electrons. The Kier molecular flexibility index (Phi) is 3.94. The van der Waals surface area contributed by atoms with Gasteiger partial charge in [-0.25, -0.2) is 0 Å². The van der Waals surface area contributed by atoms with Crippen LogP contribution in [0.2, 0.25) is 0 Å². The molecule has 0 aliphatic heterocycles. The molecular formula is C12H16NOS. The van der Waals surface area contributed by atoms with Crippen molar-refractivity contribution in [3.05, 3.63) is 35.4 Å². The van der Waals surface area contributed by atoms with Crippen LogP contribution in [0.15, 0.2) is 22.6 Å². The van der Waals surface area contributed by atoms with Crippen molar-refractivity contribution in [2.75, 3.05) is 0 Å². The Morgan fingerprint density at radius 1 is 1.47 bits per heavy atom. The van der Waals surface area contributed by atoms with Gasteiger partial charge in [0.15, 0.2) is 0 Å². The molecule has 1 aromatic rings. The largest absolute Gasteiger partial charge is 0.591 e. The molecule has 0 unspecified atom stereocenters. The Morgan fingerprint density at radius 2 is 2.13 bits per heavy atom. The number of aryl methyl sites for hydroxylation is 1. The summed E-state index contributed by atoms with van der Waals surface area (Å²) >= 11 is -1.19. The summed E-state index contributed by atoms with van der Waals surface area (Å²) in [6.45, 7) is 7.72. The second-order valence-electron chi connectivity index (χ2n) is 4.42. The SMILES string of the molecule is Cc1cc[c]c(/C=N/[S@@+]([O-])C(C)(C)C)c1. The van der Waals surface area contributed by atoms with Gasteiger partial charge in [-0.05, 0) is 39.8 Å². The molecule has 0 aliphatic carbocycles. The van der Waals surface area contributed by atoms with Crippen molar-refractivity contribution in [2.45, 2.75) is 32.4 Å². The summed E-state index contributed by atoms with van der Waals surface area (Å²) < 4.78 is 15.3. The van der Waals surface area contributed by atoms with E-state index in [1.165, 1.54) is 0 Å². The van der Waals surface area contributed by atoms with E-state index in [0.717, 1.165) is 11.1 Å². The number of nitrogens with zero attached hydrogens (tertiary/aromatic N) is 1. The molecule has 0 amide bonds. The minimum Gasteiger partial charge on any atom is -0.591 e. The van der Waals surface area contributed by atoms with Crippen LogP contribution < -0.4 is 0 Å². The Hall–Kier alpha value is -0.800. The average Bonchev–Trinajstić information content (AvgIpc) is 2.12. The second kappa shape index (κ2) is 4.81. The lowest BCUT2D eigenvalue weighted by molar-refractivity contribution is 0.562. The van der Waals surface area contributed by atoms with Crippen LogP contribution in [0, 0.1) is 13.0 Å². The fraction of sp³-hybridized carbons (Fsp3) is 0.417. The zero-order valence-corrected chi connectivity index (χ0v) is 10.4. The third-order valence-electron chi connectivity index (χ3n) is 1.79. The normalized spacial score (nSPS) is 14.5. The maximum absolute atomic E-state index is 11.6. The molecule has 0 saturated carbocycles. The zero-order chi connectivity index (χ0) is 11.5. The third-order valence-corrected chi connectivity index (χ3v) is 3.14. The predicted molar refractivity (Wildman–Crippen MR) is 65.5 cm³/mol. The summed E-state index contributed by atoms with van der Waals surface area (Å²) in [7, 11) is 0. The minimum atomic E-state index is -1.19. The molecule has 0 bridgehead atoms. The van der Waals surface area contributed by atoms with Crippen LogP contribution in [0.4, 0.5) is 0 Å². The fourth-order valence-electron chi connectivity index (χ4n) is 0.942. The first-order chi connectivity index (χ1) is 6.89. The molecule has 2 nitrogen and oxygen atoms in total. The van der Waals surface area contributed by atoms with Gasteiger partial charge in [-0.15, -0.1) is 0 Å². The van der Waals surface area contributed by atoms with Crippen LogP contribution in [0.25, 0.3) is 0 Å². The number of hydrogen-bond acceptors (Lipinski definition) is 2. The summed E-state index contributed by atoms with van der Waals surface area (Å²) in [6.07, 6.45) is 1.62. The topological polar surface area (TPSA) is 35.4 Å². The van der Waals surface area contributed by atoms with Crippen molar-refractivity contribution in [3.63, 3.8) is 0 Å². The van der Waals surface area contributed by atoms with Gasteiger partial charge in [0, 0.05) is 5.56 Å². The lowest BCUT2D eigenvalue weighted by Crippen LogP contribution is -2.25. The molecule has 0 aromatic heterocycles. The van der Waals surface area contributed by atoms with E-state index >= 15 is 0 Å². The highest BCUT2D eigenvalue weighted by Gasteiger charge is 2.25. The van der Waals surface area contributed by atoms with Crippen LogP contribution >= 0.6 is 0 Å². The van der Waals surface area contributed by atoms with Gasteiger partial charge in [-0.2, -0.15) is 0 Å². The van der Waals surface area contributed by atoms with E-state index in [9.17, 15) is 4.55 Å². The number of hydrogen-bond donors (Lipinski definition) is 0. The highest BCUT2D eigenvalue weighted by atomic mass is 32.2. The molecule has 0 aliphatic rings. The molecule has 0 fully saturated rings. The van der Waals surface area contributed by atoms with Crippen molar-refractivity contribution in [3.8, 4) is 0 Å². The maximum atomic E-state index is 11.6. The summed E-state index contributed by atoms with van der Waals surface area (Å²) in [5.74, 6) is 0. The van der Waals surface area contributed by atoms with E-state index in [4.69, 9.17) is 0 Å². The number of benzene rings is 1. The van der Waals surface area contributed by atoms with Crippen molar-refractivity contribution in [2.24, 2.45) is 4.40 Å². The Bertz CT molecular complexity index is 355. The molecule has 0 saturated heterocycles. The van der Waals surface area contributed by atoms with Crippen molar-refractivity contribution < 1.29 is 4.55 Å². The summed E-state index contributed by atoms with van der Waals surface area (Å²) in [5.41, 5.74) is 2.02. The molecule has 3 heteroatoms. The molecule has 1 rings (SSSR count). The summed E-state index contributed by atoms with van der Waals surface area (Å²) in [5, 5.41) is 0. The highest BCUT2D eigenvalue weighted by Crippen LogP contribution is 2.16. The Morgan fingerprint density at radius 3 is 2.67 bits per heavy atom. The third kappa shape index (κ3) is 4.06. The van der Waals surface area contributed by atoms with Gasteiger partial charge in [0.05, 0.1) is 6.21 Å². The quantitative estimate of drug-likeness (QED) is 0.559. The lowest BCUT2D eigenvalue weighted by Gasteiger charge is -2.17. The first kappa shape index (κ1) is 12.3. The zero-order valence-electron chi connectivity index (χ0n) is 9.57. The fourth-order valence-corrected chi connectivity index (χ4v) is 1.47. The van der Waals surface area contributed by atoms with Gasteiger partial charge < -0.3 is 4.55 Å². The molecule has 81 valence electrons. The molecule has 0 spiro atoms. The Labute approximate surface area is 94.7 Å². The predicted octanol–water partition coefficient (Wildman–Crippen LogP) is 2.68. The van der Waals surface area contributed by atoms with Crippen LogP contribution in [-0.4, -0.2) is 15.5 Å². The maximum Gasteiger partial charge on any atom is 0.144 e. The van der Waals surface area contributed by atoms with E-state index < -0.39 is 11.4 Å². The van der Waals surface area contributed by atoms with E-state index in [1.54, 1.807) is 6.21 Å². The van der Waals surface area contributed by atoms with Crippen LogP contribution in [0.5, 0.6) is 0 Å². The smallest absolute Gasteiger partial charge is 0.144 e. The average molecular weight is 222 g/mol. The van der Waals surface area contributed by atoms with Gasteiger partial charge in [-0.1, -0.05) is 22.1 Å². The second-order valence-corrected chi connectivity index (χ2v) is 6.35. The van der Waals surface area contributed by atoms with Gasteiger partial charge in [0.1, 0.15) is 16.1 Å². The summed E-state index contributed by atoms with van der Waals surface area (Å²) in [6, 6.07) is 8.81. The lowest BCUT2D eigenvalue weighted by atomic mass is 10.2. The van der Waals surface area contributed by atoms with Crippen molar-refractivity contribution >= 4 is 17.6 Å². The molecule has 0 N–H and O–H groups in total. The monoisotopic (exact) mass is 222 g/mol. The first-order valence-electron chi connectivity index (χ1n) is 4.84. The van der Waals surface area contributed by atoms with E-state index in [-0.39, 0.29) is 4.75 Å². The van der Waals surface area contributed by atoms with Gasteiger partial charge >= 0.3 is 0 Å². The Balaban J connectivity index is 2.74. The van der Waals surface area contributed by atoms with Crippen LogP contribution in [0.3, 0.4) is 0 Å². The highest BCUT2D eigenvalue weighted by molar-refractivity contribution is 7.91. The van der Waals surface area contributed by atoms with Gasteiger partial charge in [0.2, 0.25) is 0 Å². The molecule has 0 heterocycles. The molecule has 1 aromatic carbocycles. The van der Waals surface area contributed by atoms with Gasteiger partial charge in [-0.3, -0.25) is 0 Å². The number of rotatable bonds is 2. The van der Waals surface area contributed by atoms with Crippen molar-refractivity contribution in [1.29, 1.82) is 0 Å². The first-order valence-corrected chi connectivity index (χ1v) is 5.95. The molecular weight excluding hydrogens is 206 g/mol. The standard InChI is InChI=1S/C12H16NOS/c1-10-6-5-7-11(8-10)9-13-15(14)12(2,3)4/h5-6,8-9H,1-4H3/b13-9+/t15-/m0/s1. The minimum absolute atomic E-state index is 0.305. The molecule has 15 heavy (non-hydrogen) atoms. The van der Waals surface area contributed by atoms with E-state index in [2.05, 4.69) is 10.5 Å². The van der Waals surface area contributed by atoms with Crippen molar-refractivity contribution in [1.82, 2.24) is 0 Å². The summed E-state index contributed by atoms with van der Waals surface area (Å²) in [4.78, 5) is 0. The van der Waals surface area contributed by atoms with Crippen LogP contribution in [-0.2, 0) is 11.4 Å².